The first kappa shape index (κ1) is 92.5. The van der Waals surface area contributed by atoms with Crippen LogP contribution in [0.3, 0.4) is 0 Å². The number of unbranched alkanes of at least 4 members (excludes halogenated alkanes) is 30. The van der Waals surface area contributed by atoms with E-state index in [1.807, 2.05) is 22.7 Å². The minimum absolute atomic E-state index is 0.0580. The van der Waals surface area contributed by atoms with E-state index in [0.717, 1.165) is 36.7 Å². The molecule has 3 aliphatic carbocycles. The maximum absolute atomic E-state index is 5.26. The SMILES string of the molecule is CCCCCCCCC1(CCCCCCCC)c2cc(-c3ccccc3)ccc2-c2ccc(-c3ccc4c(c3)C(CCCCCCCC)(CCCCCCCC)c3cc(-c5cc(/C=C/c6cccs6)c(-c6ccc7c(c6)C(CCCCCCCC)(CCCCCCCC)c6cc(-c8ccc(-c9ccccc9)c9n[se]nc89)ccc6-7)cc5/C=C/c5cccs5)ccc3-4)cc21. The summed E-state index contributed by atoms with van der Waals surface area (Å²) in [6.45, 7) is 14.2. The van der Waals surface area contributed by atoms with Crippen molar-refractivity contribution in [3.8, 4) is 100 Å². The number of hydrogen-bond acceptors (Lipinski definition) is 4. The fourth-order valence-corrected chi connectivity index (χ4v) is 25.3. The summed E-state index contributed by atoms with van der Waals surface area (Å²) in [4.78, 5) is 2.54. The Hall–Kier alpha value is -8.80. The minimum Gasteiger partial charge on any atom is -0.144 e. The Morgan fingerprint density at radius 1 is 0.219 bits per heavy atom. The number of fused-ring (bicyclic) bond motifs is 10. The van der Waals surface area contributed by atoms with Crippen molar-refractivity contribution in [3.63, 3.8) is 0 Å². The van der Waals surface area contributed by atoms with E-state index in [1.165, 1.54) is 376 Å². The van der Waals surface area contributed by atoms with Gasteiger partial charge in [0.15, 0.2) is 0 Å². The molecule has 16 rings (SSSR count). The molecule has 0 saturated heterocycles. The van der Waals surface area contributed by atoms with Crippen molar-refractivity contribution in [2.45, 2.75) is 327 Å². The molecular weight excluding hydrogens is 1650 g/mol. The molecule has 0 aliphatic heterocycles. The van der Waals surface area contributed by atoms with Crippen LogP contribution in [0.25, 0.3) is 135 Å². The molecule has 10 aromatic carbocycles. The van der Waals surface area contributed by atoms with Gasteiger partial charge < -0.3 is 0 Å². The molecule has 0 spiro atoms. The van der Waals surface area contributed by atoms with Gasteiger partial charge in [0.2, 0.25) is 0 Å². The molecule has 0 saturated carbocycles. The van der Waals surface area contributed by atoms with Gasteiger partial charge in [-0.05, 0) is 175 Å². The molecule has 664 valence electrons. The Morgan fingerprint density at radius 2 is 0.469 bits per heavy atom. The molecule has 0 fully saturated rings. The van der Waals surface area contributed by atoms with Crippen LogP contribution in [0.1, 0.15) is 365 Å². The molecule has 0 amide bonds. The van der Waals surface area contributed by atoms with Gasteiger partial charge in [-0.1, -0.05) is 324 Å². The molecule has 3 aromatic heterocycles. The Kier molecular flexibility index (Phi) is 33.1. The van der Waals surface area contributed by atoms with Crippen LogP contribution in [-0.4, -0.2) is 22.9 Å². The number of benzene rings is 10. The summed E-state index contributed by atoms with van der Waals surface area (Å²) in [6.07, 6.45) is 63.1. The van der Waals surface area contributed by atoms with E-state index in [4.69, 9.17) is 7.96 Å². The molecule has 13 aromatic rings. The number of nitrogens with zero attached hydrogens (tertiary/aromatic N) is 2. The molecule has 0 radical (unpaired) electrons. The third-order valence-electron chi connectivity index (χ3n) is 29.9. The van der Waals surface area contributed by atoms with Gasteiger partial charge in [0.1, 0.15) is 0 Å². The average molecular weight is 1790 g/mol. The summed E-state index contributed by atoms with van der Waals surface area (Å²) < 4.78 is 10.4. The van der Waals surface area contributed by atoms with Crippen LogP contribution in [0.15, 0.2) is 229 Å². The van der Waals surface area contributed by atoms with E-state index in [1.54, 1.807) is 22.3 Å². The van der Waals surface area contributed by atoms with Crippen LogP contribution in [-0.2, 0) is 16.2 Å². The van der Waals surface area contributed by atoms with E-state index in [9.17, 15) is 0 Å². The van der Waals surface area contributed by atoms with E-state index in [-0.39, 0.29) is 31.2 Å². The fourth-order valence-electron chi connectivity index (χ4n) is 22.9. The normalized spacial score (nSPS) is 13.7. The number of rotatable bonds is 52. The second-order valence-corrected chi connectivity index (χ2v) is 41.6. The van der Waals surface area contributed by atoms with Crippen molar-refractivity contribution in [2.24, 2.45) is 0 Å². The van der Waals surface area contributed by atoms with Crippen LogP contribution in [0, 0.1) is 0 Å². The average Bonchev–Trinajstić information content (AvgIpc) is 1.56. The summed E-state index contributed by atoms with van der Waals surface area (Å²) in [5.41, 5.74) is 37.7. The van der Waals surface area contributed by atoms with Crippen LogP contribution in [0.2, 0.25) is 0 Å². The van der Waals surface area contributed by atoms with Crippen LogP contribution in [0.4, 0.5) is 0 Å². The van der Waals surface area contributed by atoms with Crippen molar-refractivity contribution in [2.75, 3.05) is 0 Å². The quantitative estimate of drug-likeness (QED) is 0.0280. The second-order valence-electron chi connectivity index (χ2n) is 38.5. The third-order valence-corrected chi connectivity index (χ3v) is 32.6. The minimum atomic E-state index is -0.186. The zero-order chi connectivity index (χ0) is 87.8. The van der Waals surface area contributed by atoms with Crippen LogP contribution in [0.5, 0.6) is 0 Å². The van der Waals surface area contributed by atoms with Crippen molar-refractivity contribution >= 4 is 73.0 Å². The van der Waals surface area contributed by atoms with Gasteiger partial charge in [-0.15, -0.1) is 22.7 Å². The van der Waals surface area contributed by atoms with Gasteiger partial charge in [0.05, 0.1) is 0 Å². The third kappa shape index (κ3) is 21.0. The predicted molar refractivity (Wildman–Crippen MR) is 562 cm³/mol. The molecule has 0 unspecified atom stereocenters. The number of hydrogen-bond donors (Lipinski definition) is 0. The summed E-state index contributed by atoms with van der Waals surface area (Å²) in [6, 6.07) is 87.7. The molecule has 0 bridgehead atoms. The topological polar surface area (TPSA) is 25.8 Å². The molecule has 128 heavy (non-hydrogen) atoms. The molecule has 2 nitrogen and oxygen atoms in total. The molecule has 5 heteroatoms. The van der Waals surface area contributed by atoms with Gasteiger partial charge >= 0.3 is 250 Å². The van der Waals surface area contributed by atoms with Gasteiger partial charge in [0, 0.05) is 20.6 Å². The Labute approximate surface area is 785 Å². The van der Waals surface area contributed by atoms with Gasteiger partial charge in [-0.25, -0.2) is 0 Å². The monoisotopic (exact) mass is 1790 g/mol. The van der Waals surface area contributed by atoms with E-state index in [2.05, 4.69) is 295 Å². The molecule has 0 N–H and O–H groups in total. The first-order valence-electron chi connectivity index (χ1n) is 51.1. The van der Waals surface area contributed by atoms with Crippen molar-refractivity contribution in [1.29, 1.82) is 0 Å². The first-order valence-corrected chi connectivity index (χ1v) is 54.4. The molecule has 3 aliphatic rings. The van der Waals surface area contributed by atoms with Crippen LogP contribution < -0.4 is 0 Å². The standard InChI is InChI=1S/C123H144N2S2Se/c1-7-13-19-25-31-43-75-121(76-44-32-26-20-14-8-2)113-85-93(91-51-39-37-40-52-91)59-67-105(113)106-68-60-94(86-114(106)121)95-61-69-107-109-71-63-99(89-117(109)122(115(107)87-95,77-45-33-27-21-15-9-3)78-46-34-28-22-16-10-4)111-83-97(58-66-102-56-50-82-127-102)112(84-96(111)57-65-101-55-49-81-126-101)100-64-72-110-108-70-62-98(104-74-73-103(92-53-41-38-42-54-92)119-120(104)125-128-124-119)88-116(108)123(118(110)90-100,79-47-35-29-23-17-11-5)80-48-36-30-24-18-12-6/h37-42,49-74,81-90H,7-36,43-48,75-80H2,1-6H3/b65-57+,66-58+. The summed E-state index contributed by atoms with van der Waals surface area (Å²) >= 11 is 3.48. The van der Waals surface area contributed by atoms with Gasteiger partial charge in [-0.2, -0.15) is 0 Å². The smallest absolute Gasteiger partial charge is 0.144 e. The fraction of sp³-hybridized carbons (Fsp3) is 0.415. The predicted octanol–water partition coefficient (Wildman–Crippen LogP) is 38.5. The maximum atomic E-state index is 5.26. The van der Waals surface area contributed by atoms with Crippen molar-refractivity contribution in [3.05, 3.63) is 283 Å². The van der Waals surface area contributed by atoms with Gasteiger partial charge in [0.25, 0.3) is 0 Å². The Balaban J connectivity index is 0.842. The van der Waals surface area contributed by atoms with E-state index >= 15 is 0 Å². The number of aromatic nitrogens is 2. The molecule has 3 heterocycles. The van der Waals surface area contributed by atoms with Crippen LogP contribution >= 0.6 is 22.7 Å². The Bertz CT molecular complexity index is 5720. The zero-order valence-electron chi connectivity index (χ0n) is 78.6. The zero-order valence-corrected chi connectivity index (χ0v) is 81.9. The molecule has 0 atom stereocenters. The van der Waals surface area contributed by atoms with Crippen molar-refractivity contribution in [1.82, 2.24) is 7.96 Å². The first-order chi connectivity index (χ1) is 63.2. The molecular formula is C123H144N2S2Se. The van der Waals surface area contributed by atoms with E-state index in [0.29, 0.717) is 0 Å². The summed E-state index contributed by atoms with van der Waals surface area (Å²) in [5.74, 6) is 0. The summed E-state index contributed by atoms with van der Waals surface area (Å²) in [5, 5.41) is 4.47. The Morgan fingerprint density at radius 3 is 0.766 bits per heavy atom. The number of thiophene rings is 2. The second kappa shape index (κ2) is 45.8. The van der Waals surface area contributed by atoms with Gasteiger partial charge in [-0.3, -0.25) is 0 Å². The van der Waals surface area contributed by atoms with Crippen molar-refractivity contribution < 1.29 is 0 Å². The summed E-state index contributed by atoms with van der Waals surface area (Å²) in [7, 11) is 0. The van der Waals surface area contributed by atoms with E-state index < -0.39 is 0 Å².